The fourth-order valence-corrected chi connectivity index (χ4v) is 2.93. The van der Waals surface area contributed by atoms with Crippen LogP contribution in [0.3, 0.4) is 0 Å². The number of fused-ring (bicyclic) bond motifs is 1. The summed E-state index contributed by atoms with van der Waals surface area (Å²) in [6, 6.07) is 0. The average Bonchev–Trinajstić information content (AvgIpc) is 2.77. The lowest BCUT2D eigenvalue weighted by Crippen LogP contribution is -2.35. The largest absolute Gasteiger partial charge is 0.348 e. The quantitative estimate of drug-likeness (QED) is 0.796. The lowest BCUT2D eigenvalue weighted by atomic mass is 10.2. The number of rotatable bonds is 3. The summed E-state index contributed by atoms with van der Waals surface area (Å²) in [5.74, 6) is -1.25. The van der Waals surface area contributed by atoms with Crippen LogP contribution < -0.4 is 10.6 Å². The topological polar surface area (TPSA) is 74.3 Å². The van der Waals surface area contributed by atoms with Crippen LogP contribution in [0.15, 0.2) is 0 Å². The molecule has 0 saturated carbocycles. The number of carbonyl (C=O) groups excluding carboxylic acids is 2. The first-order valence-corrected chi connectivity index (χ1v) is 7.18. The molecule has 0 aromatic carbocycles. The van der Waals surface area contributed by atoms with E-state index in [1.54, 1.807) is 0 Å². The number of nitrogens with one attached hydrogen (secondary N) is 2. The summed E-state index contributed by atoms with van der Waals surface area (Å²) in [4.78, 5) is 30.8. The minimum absolute atomic E-state index is 0.505. The first kappa shape index (κ1) is 14.0. The Morgan fingerprint density at radius 3 is 2.95 bits per heavy atom. The molecule has 2 heterocycles. The Kier molecular flexibility index (Phi) is 4.49. The van der Waals surface area contributed by atoms with Crippen LogP contribution in [0.25, 0.3) is 0 Å². The van der Waals surface area contributed by atoms with Crippen molar-refractivity contribution in [2.24, 2.45) is 0 Å². The zero-order chi connectivity index (χ0) is 13.8. The lowest BCUT2D eigenvalue weighted by Gasteiger charge is -2.20. The van der Waals surface area contributed by atoms with Crippen LogP contribution in [-0.2, 0) is 22.6 Å². The molecule has 0 unspecified atom stereocenters. The minimum Gasteiger partial charge on any atom is -0.348 e. The van der Waals surface area contributed by atoms with Crippen molar-refractivity contribution in [2.45, 2.75) is 26.3 Å². The van der Waals surface area contributed by atoms with E-state index in [-0.39, 0.29) is 0 Å². The second-order valence-electron chi connectivity index (χ2n) is 4.59. The standard InChI is InChI=1S/C12H18N4O2S/c1-3-5-13-10(17)11(18)15-12-14-8-4-6-16(2)7-9(8)19-12/h3-7H2,1-2H3,(H,13,17)(H,14,15,18). The van der Waals surface area contributed by atoms with E-state index in [9.17, 15) is 9.59 Å². The summed E-state index contributed by atoms with van der Waals surface area (Å²) in [7, 11) is 2.05. The molecule has 6 nitrogen and oxygen atoms in total. The number of hydrogen-bond donors (Lipinski definition) is 2. The number of anilines is 1. The van der Waals surface area contributed by atoms with E-state index >= 15 is 0 Å². The van der Waals surface area contributed by atoms with Crippen LogP contribution in [0.5, 0.6) is 0 Å². The predicted octanol–water partition coefficient (Wildman–Crippen LogP) is 0.596. The van der Waals surface area contributed by atoms with Crippen molar-refractivity contribution in [2.75, 3.05) is 25.5 Å². The summed E-state index contributed by atoms with van der Waals surface area (Å²) in [6.07, 6.45) is 1.69. The number of nitrogens with zero attached hydrogens (tertiary/aromatic N) is 2. The Labute approximate surface area is 116 Å². The van der Waals surface area contributed by atoms with E-state index < -0.39 is 11.8 Å². The van der Waals surface area contributed by atoms with Gasteiger partial charge in [0.25, 0.3) is 0 Å². The van der Waals surface area contributed by atoms with Crippen LogP contribution in [0, 0.1) is 0 Å². The summed E-state index contributed by atoms with van der Waals surface area (Å²) in [6.45, 7) is 4.26. The third kappa shape index (κ3) is 3.51. The molecule has 7 heteroatoms. The maximum atomic E-state index is 11.6. The minimum atomic E-state index is -0.645. The second-order valence-corrected chi connectivity index (χ2v) is 5.67. The molecule has 1 aromatic rings. The molecule has 0 bridgehead atoms. The molecule has 0 aliphatic carbocycles. The zero-order valence-electron chi connectivity index (χ0n) is 11.2. The number of likely N-dealkylation sites (N-methyl/N-ethyl adjacent to an activating group) is 1. The van der Waals surface area contributed by atoms with Gasteiger partial charge in [0.15, 0.2) is 5.13 Å². The van der Waals surface area contributed by atoms with Gasteiger partial charge >= 0.3 is 11.8 Å². The van der Waals surface area contributed by atoms with Crippen LogP contribution >= 0.6 is 11.3 Å². The first-order valence-electron chi connectivity index (χ1n) is 6.36. The molecule has 1 aromatic heterocycles. The van der Waals surface area contributed by atoms with Crippen LogP contribution in [-0.4, -0.2) is 41.8 Å². The SMILES string of the molecule is CCCNC(=O)C(=O)Nc1nc2c(s1)CN(C)CC2. The van der Waals surface area contributed by atoms with E-state index in [1.807, 2.05) is 6.92 Å². The van der Waals surface area contributed by atoms with Gasteiger partial charge in [-0.1, -0.05) is 6.92 Å². The van der Waals surface area contributed by atoms with Gasteiger partial charge in [-0.2, -0.15) is 0 Å². The fraction of sp³-hybridized carbons (Fsp3) is 0.583. The van der Waals surface area contributed by atoms with E-state index in [2.05, 4.69) is 27.6 Å². The highest BCUT2D eigenvalue weighted by Gasteiger charge is 2.20. The van der Waals surface area contributed by atoms with Crippen molar-refractivity contribution in [1.29, 1.82) is 0 Å². The number of thiazole rings is 1. The van der Waals surface area contributed by atoms with E-state index in [4.69, 9.17) is 0 Å². The van der Waals surface area contributed by atoms with Crippen LogP contribution in [0.1, 0.15) is 23.9 Å². The van der Waals surface area contributed by atoms with E-state index in [1.165, 1.54) is 11.3 Å². The van der Waals surface area contributed by atoms with Crippen molar-refractivity contribution >= 4 is 28.3 Å². The molecule has 0 fully saturated rings. The highest BCUT2D eigenvalue weighted by atomic mass is 32.1. The molecular weight excluding hydrogens is 264 g/mol. The summed E-state index contributed by atoms with van der Waals surface area (Å²) >= 11 is 1.44. The Morgan fingerprint density at radius 1 is 1.42 bits per heavy atom. The second kappa shape index (κ2) is 6.12. The third-order valence-corrected chi connectivity index (χ3v) is 3.88. The van der Waals surface area contributed by atoms with Crippen molar-refractivity contribution in [3.63, 3.8) is 0 Å². The van der Waals surface area contributed by atoms with Gasteiger partial charge in [0.2, 0.25) is 0 Å². The van der Waals surface area contributed by atoms with Crippen molar-refractivity contribution in [3.05, 3.63) is 10.6 Å². The molecule has 2 rings (SSSR count). The van der Waals surface area contributed by atoms with Crippen LogP contribution in [0.4, 0.5) is 5.13 Å². The molecule has 104 valence electrons. The fourth-order valence-electron chi connectivity index (χ4n) is 1.85. The monoisotopic (exact) mass is 282 g/mol. The molecule has 0 atom stereocenters. The summed E-state index contributed by atoms with van der Waals surface area (Å²) in [5.41, 5.74) is 1.03. The van der Waals surface area contributed by atoms with Gasteiger partial charge < -0.3 is 10.2 Å². The van der Waals surface area contributed by atoms with Crippen molar-refractivity contribution in [3.8, 4) is 0 Å². The third-order valence-electron chi connectivity index (χ3n) is 2.88. The Balaban J connectivity index is 1.96. The van der Waals surface area contributed by atoms with Crippen molar-refractivity contribution < 1.29 is 9.59 Å². The Bertz CT molecular complexity index is 486. The maximum absolute atomic E-state index is 11.6. The van der Waals surface area contributed by atoms with E-state index in [0.717, 1.165) is 36.5 Å². The number of aromatic nitrogens is 1. The Hall–Kier alpha value is -1.47. The van der Waals surface area contributed by atoms with Gasteiger partial charge in [-0.05, 0) is 13.5 Å². The number of carbonyl (C=O) groups is 2. The molecule has 19 heavy (non-hydrogen) atoms. The number of amides is 2. The molecule has 2 amide bonds. The molecule has 0 radical (unpaired) electrons. The molecular formula is C12H18N4O2S. The molecule has 0 saturated heterocycles. The van der Waals surface area contributed by atoms with Gasteiger partial charge in [-0.25, -0.2) is 4.98 Å². The highest BCUT2D eigenvalue weighted by Crippen LogP contribution is 2.27. The normalized spacial score (nSPS) is 14.8. The zero-order valence-corrected chi connectivity index (χ0v) is 12.0. The van der Waals surface area contributed by atoms with Gasteiger partial charge in [-0.15, -0.1) is 11.3 Å². The molecule has 1 aliphatic rings. The summed E-state index contributed by atoms with van der Waals surface area (Å²) in [5, 5.41) is 5.61. The average molecular weight is 282 g/mol. The molecule has 0 spiro atoms. The smallest absolute Gasteiger partial charge is 0.315 e. The van der Waals surface area contributed by atoms with E-state index in [0.29, 0.717) is 11.7 Å². The lowest BCUT2D eigenvalue weighted by molar-refractivity contribution is -0.136. The van der Waals surface area contributed by atoms with Gasteiger partial charge in [0.05, 0.1) is 5.69 Å². The Morgan fingerprint density at radius 2 is 2.21 bits per heavy atom. The highest BCUT2D eigenvalue weighted by molar-refractivity contribution is 7.16. The number of hydrogen-bond acceptors (Lipinski definition) is 5. The summed E-state index contributed by atoms with van der Waals surface area (Å²) < 4.78 is 0. The van der Waals surface area contributed by atoms with Gasteiger partial charge in [0, 0.05) is 30.9 Å². The van der Waals surface area contributed by atoms with Gasteiger partial charge in [0.1, 0.15) is 0 Å². The maximum Gasteiger partial charge on any atom is 0.315 e. The molecule has 2 N–H and O–H groups in total. The van der Waals surface area contributed by atoms with Gasteiger partial charge in [-0.3, -0.25) is 14.9 Å². The van der Waals surface area contributed by atoms with Crippen molar-refractivity contribution in [1.82, 2.24) is 15.2 Å². The van der Waals surface area contributed by atoms with Crippen LogP contribution in [0.2, 0.25) is 0 Å². The molecule has 1 aliphatic heterocycles. The first-order chi connectivity index (χ1) is 9.10. The predicted molar refractivity (Wildman–Crippen MR) is 74.1 cm³/mol.